The van der Waals surface area contributed by atoms with Crippen LogP contribution in [0.4, 0.5) is 0 Å². The zero-order valence-corrected chi connectivity index (χ0v) is 23.2. The van der Waals surface area contributed by atoms with Crippen molar-refractivity contribution in [3.05, 3.63) is 64.9 Å². The van der Waals surface area contributed by atoms with Crippen LogP contribution in [-0.2, 0) is 14.3 Å². The number of carbonyl (C=O) groups excluding carboxylic acids is 2. The molecule has 2 saturated carbocycles. The first-order valence-electron chi connectivity index (χ1n) is 13.9. The number of allylic oxidation sites excluding steroid dienone is 1. The standard InChI is InChI=1S/C32H37NO6/c1-5-38-26-13-9-8-12-23(26)30-29(32(35)39-22-10-6-7-11-22)19(2)33-24-16-21(17-25(34)31(24)30)20-14-15-27(36-3)28(18-20)37-4/h8-9,12-15,18,21-22,30-31H,5-7,10-11,16-17H2,1-4H3/t21-,30+,31?/m1/s1. The molecule has 7 nitrogen and oxygen atoms in total. The maximum absolute atomic E-state index is 14.0. The molecule has 0 spiro atoms. The Hall–Kier alpha value is -3.61. The van der Waals surface area contributed by atoms with E-state index in [0.717, 1.165) is 42.5 Å². The minimum absolute atomic E-state index is 0.0464. The van der Waals surface area contributed by atoms with Gasteiger partial charge in [-0.3, -0.25) is 9.79 Å². The van der Waals surface area contributed by atoms with Crippen LogP contribution in [0.1, 0.15) is 75.3 Å². The molecule has 0 aromatic heterocycles. The lowest BCUT2D eigenvalue weighted by Crippen LogP contribution is -2.41. The first-order chi connectivity index (χ1) is 18.9. The highest BCUT2D eigenvalue weighted by Gasteiger charge is 2.47. The molecule has 7 heteroatoms. The van der Waals surface area contributed by atoms with Crippen LogP contribution in [0.25, 0.3) is 0 Å². The molecule has 3 atom stereocenters. The molecule has 206 valence electrons. The van der Waals surface area contributed by atoms with Gasteiger partial charge in [0.25, 0.3) is 0 Å². The average Bonchev–Trinajstić information content (AvgIpc) is 3.45. The number of esters is 1. The van der Waals surface area contributed by atoms with E-state index in [1.165, 1.54) is 0 Å². The molecule has 39 heavy (non-hydrogen) atoms. The summed E-state index contributed by atoms with van der Waals surface area (Å²) < 4.78 is 22.9. The molecule has 2 aromatic rings. The molecule has 2 aromatic carbocycles. The third-order valence-corrected chi connectivity index (χ3v) is 8.18. The fraction of sp³-hybridized carbons (Fsp3) is 0.469. The largest absolute Gasteiger partial charge is 0.494 e. The molecule has 2 fully saturated rings. The van der Waals surface area contributed by atoms with Gasteiger partial charge < -0.3 is 18.9 Å². The van der Waals surface area contributed by atoms with Crippen LogP contribution in [0.3, 0.4) is 0 Å². The van der Waals surface area contributed by atoms with E-state index < -0.39 is 11.8 Å². The van der Waals surface area contributed by atoms with Crippen LogP contribution in [0, 0.1) is 5.92 Å². The van der Waals surface area contributed by atoms with E-state index >= 15 is 0 Å². The highest BCUT2D eigenvalue weighted by Crippen LogP contribution is 2.48. The second kappa shape index (κ2) is 11.6. The summed E-state index contributed by atoms with van der Waals surface area (Å²) in [4.78, 5) is 32.6. The van der Waals surface area contributed by atoms with Gasteiger partial charge in [-0.1, -0.05) is 24.3 Å². The topological polar surface area (TPSA) is 83.4 Å². The van der Waals surface area contributed by atoms with E-state index in [9.17, 15) is 9.59 Å². The first-order valence-corrected chi connectivity index (χ1v) is 13.9. The fourth-order valence-electron chi connectivity index (χ4n) is 6.37. The predicted molar refractivity (Wildman–Crippen MR) is 149 cm³/mol. The number of ketones is 1. The van der Waals surface area contributed by atoms with Crippen molar-refractivity contribution >= 4 is 17.5 Å². The van der Waals surface area contributed by atoms with Gasteiger partial charge in [0.05, 0.1) is 32.3 Å². The maximum atomic E-state index is 14.0. The summed E-state index contributed by atoms with van der Waals surface area (Å²) in [7, 11) is 3.21. The number of hydrogen-bond donors (Lipinski definition) is 0. The molecule has 0 N–H and O–H groups in total. The van der Waals surface area contributed by atoms with Gasteiger partial charge in [0, 0.05) is 29.3 Å². The highest BCUT2D eigenvalue weighted by molar-refractivity contribution is 6.12. The van der Waals surface area contributed by atoms with Crippen LogP contribution in [0.5, 0.6) is 17.2 Å². The zero-order chi connectivity index (χ0) is 27.5. The third-order valence-electron chi connectivity index (χ3n) is 8.18. The third kappa shape index (κ3) is 5.32. The zero-order valence-electron chi connectivity index (χ0n) is 23.2. The Morgan fingerprint density at radius 3 is 2.41 bits per heavy atom. The maximum Gasteiger partial charge on any atom is 0.336 e. The van der Waals surface area contributed by atoms with E-state index in [2.05, 4.69) is 0 Å². The van der Waals surface area contributed by atoms with E-state index in [1.807, 2.05) is 56.3 Å². The quantitative estimate of drug-likeness (QED) is 0.379. The molecule has 0 saturated heterocycles. The van der Waals surface area contributed by atoms with Crippen LogP contribution >= 0.6 is 0 Å². The van der Waals surface area contributed by atoms with Gasteiger partial charge in [0.15, 0.2) is 11.5 Å². The molecule has 0 bridgehead atoms. The van der Waals surface area contributed by atoms with Gasteiger partial charge in [-0.2, -0.15) is 0 Å². The number of aliphatic imine (C=N–C) groups is 1. The summed E-state index contributed by atoms with van der Waals surface area (Å²) in [5.41, 5.74) is 3.72. The summed E-state index contributed by atoms with van der Waals surface area (Å²) in [6.07, 6.45) is 4.76. The van der Waals surface area contributed by atoms with Crippen molar-refractivity contribution in [2.75, 3.05) is 20.8 Å². The molecular formula is C32H37NO6. The number of methoxy groups -OCH3 is 2. The predicted octanol–water partition coefficient (Wildman–Crippen LogP) is 6.16. The minimum Gasteiger partial charge on any atom is -0.494 e. The summed E-state index contributed by atoms with van der Waals surface area (Å²) >= 11 is 0. The summed E-state index contributed by atoms with van der Waals surface area (Å²) in [5.74, 6) is 0.559. The van der Waals surface area contributed by atoms with Gasteiger partial charge in [0.1, 0.15) is 17.6 Å². The van der Waals surface area contributed by atoms with Crippen molar-refractivity contribution in [2.24, 2.45) is 10.9 Å². The lowest BCUT2D eigenvalue weighted by atomic mass is 9.66. The molecule has 1 aliphatic heterocycles. The Morgan fingerprint density at radius 1 is 0.949 bits per heavy atom. The van der Waals surface area contributed by atoms with Gasteiger partial charge >= 0.3 is 5.97 Å². The summed E-state index contributed by atoms with van der Waals surface area (Å²) in [6, 6.07) is 13.5. The van der Waals surface area contributed by atoms with Crippen LogP contribution in [0.2, 0.25) is 0 Å². The lowest BCUT2D eigenvalue weighted by Gasteiger charge is -2.38. The number of nitrogens with zero attached hydrogens (tertiary/aromatic N) is 1. The van der Waals surface area contributed by atoms with E-state index in [1.54, 1.807) is 14.2 Å². The van der Waals surface area contributed by atoms with Gasteiger partial charge in [0.2, 0.25) is 0 Å². The molecule has 0 amide bonds. The van der Waals surface area contributed by atoms with Crippen molar-refractivity contribution in [1.29, 1.82) is 0 Å². The molecule has 3 aliphatic rings. The molecule has 0 radical (unpaired) electrons. The van der Waals surface area contributed by atoms with Crippen LogP contribution in [0.15, 0.2) is 58.7 Å². The second-order valence-electron chi connectivity index (χ2n) is 10.5. The second-order valence-corrected chi connectivity index (χ2v) is 10.5. The van der Waals surface area contributed by atoms with Crippen molar-refractivity contribution in [2.45, 2.75) is 70.3 Å². The SMILES string of the molecule is CCOc1ccccc1[C@H]1C(C(=O)OC2CCCC2)=C(C)N=C2C[C@@H](c3ccc(OC)c(OC)c3)CC(=O)C21. The number of hydrogen-bond acceptors (Lipinski definition) is 7. The normalized spacial score (nSPS) is 23.2. The molecule has 1 heterocycles. The number of benzene rings is 2. The van der Waals surface area contributed by atoms with Crippen molar-refractivity contribution in [3.8, 4) is 17.2 Å². The van der Waals surface area contributed by atoms with Gasteiger partial charge in [-0.25, -0.2) is 4.79 Å². The average molecular weight is 532 g/mol. The number of fused-ring (bicyclic) bond motifs is 1. The Bertz CT molecular complexity index is 1310. The molecule has 5 rings (SSSR count). The number of carbonyl (C=O) groups is 2. The van der Waals surface area contributed by atoms with Gasteiger partial charge in [-0.15, -0.1) is 0 Å². The van der Waals surface area contributed by atoms with Crippen LogP contribution < -0.4 is 14.2 Å². The highest BCUT2D eigenvalue weighted by atomic mass is 16.5. The number of rotatable bonds is 8. The Morgan fingerprint density at radius 2 is 1.69 bits per heavy atom. The van der Waals surface area contributed by atoms with Crippen LogP contribution in [-0.4, -0.2) is 44.4 Å². The Kier molecular flexibility index (Phi) is 8.05. The van der Waals surface area contributed by atoms with E-state index in [4.69, 9.17) is 23.9 Å². The Balaban J connectivity index is 1.56. The number of ether oxygens (including phenoxy) is 4. The number of Topliss-reactive ketones (excluding diaryl/α,β-unsaturated/α-hetero) is 1. The lowest BCUT2D eigenvalue weighted by molar-refractivity contribution is -0.144. The Labute approximate surface area is 230 Å². The molecule has 1 unspecified atom stereocenters. The van der Waals surface area contributed by atoms with E-state index in [0.29, 0.717) is 48.0 Å². The van der Waals surface area contributed by atoms with Crippen molar-refractivity contribution < 1.29 is 28.5 Å². The smallest absolute Gasteiger partial charge is 0.336 e. The van der Waals surface area contributed by atoms with Crippen molar-refractivity contribution in [3.63, 3.8) is 0 Å². The van der Waals surface area contributed by atoms with Gasteiger partial charge in [-0.05, 0) is 75.6 Å². The molecule has 2 aliphatic carbocycles. The fourth-order valence-corrected chi connectivity index (χ4v) is 6.37. The first kappa shape index (κ1) is 27.0. The monoisotopic (exact) mass is 531 g/mol. The number of para-hydroxylation sites is 1. The summed E-state index contributed by atoms with van der Waals surface area (Å²) in [5, 5.41) is 0. The summed E-state index contributed by atoms with van der Waals surface area (Å²) in [6.45, 7) is 4.27. The van der Waals surface area contributed by atoms with E-state index in [-0.39, 0.29) is 23.8 Å². The minimum atomic E-state index is -0.544. The van der Waals surface area contributed by atoms with Crippen molar-refractivity contribution in [1.82, 2.24) is 0 Å². The molecular weight excluding hydrogens is 494 g/mol.